The molecule has 1 aliphatic rings. The number of carbonyl (C=O) groups excluding carboxylic acids is 1. The molecule has 23 heavy (non-hydrogen) atoms. The maximum absolute atomic E-state index is 12.4. The van der Waals surface area contributed by atoms with Crippen LogP contribution in [0.25, 0.3) is 0 Å². The summed E-state index contributed by atoms with van der Waals surface area (Å²) in [5.41, 5.74) is 1.06. The van der Waals surface area contributed by atoms with E-state index in [1.54, 1.807) is 12.1 Å². The van der Waals surface area contributed by atoms with Gasteiger partial charge in [-0.05, 0) is 17.0 Å². The first kappa shape index (κ1) is 16.8. The summed E-state index contributed by atoms with van der Waals surface area (Å²) in [7, 11) is 0. The molecule has 0 radical (unpaired) electrons. The molecular formula is C17H20N2O4. The van der Waals surface area contributed by atoms with Crippen LogP contribution in [0.2, 0.25) is 0 Å². The van der Waals surface area contributed by atoms with Gasteiger partial charge in [0.05, 0.1) is 17.7 Å². The van der Waals surface area contributed by atoms with Crippen LogP contribution in [-0.2, 0) is 10.2 Å². The van der Waals surface area contributed by atoms with Gasteiger partial charge < -0.3 is 14.7 Å². The predicted octanol–water partition coefficient (Wildman–Crippen LogP) is 2.76. The van der Waals surface area contributed by atoms with Crippen molar-refractivity contribution >= 4 is 12.1 Å². The molecule has 1 amide bonds. The number of rotatable bonds is 2. The third-order valence-electron chi connectivity index (χ3n) is 3.89. The van der Waals surface area contributed by atoms with Gasteiger partial charge in [0.15, 0.2) is 0 Å². The summed E-state index contributed by atoms with van der Waals surface area (Å²) in [5.74, 6) is -0.579. The number of ether oxygens (including phenoxy) is 1. The van der Waals surface area contributed by atoms with Crippen LogP contribution in [0.3, 0.4) is 0 Å². The molecule has 122 valence electrons. The number of nitrogens with zero attached hydrogens (tertiary/aromatic N) is 2. The summed E-state index contributed by atoms with van der Waals surface area (Å²) in [6, 6.07) is 7.23. The normalized spacial score (nSPS) is 17.7. The number of amides is 1. The van der Waals surface area contributed by atoms with Crippen molar-refractivity contribution in [2.75, 3.05) is 13.1 Å². The van der Waals surface area contributed by atoms with E-state index in [-0.39, 0.29) is 17.5 Å². The fraction of sp³-hybridized carbons (Fsp3) is 0.471. The van der Waals surface area contributed by atoms with E-state index < -0.39 is 18.2 Å². The van der Waals surface area contributed by atoms with Crippen LogP contribution in [0.15, 0.2) is 18.2 Å². The van der Waals surface area contributed by atoms with Crippen molar-refractivity contribution in [2.45, 2.75) is 38.7 Å². The fourth-order valence-corrected chi connectivity index (χ4v) is 2.68. The minimum atomic E-state index is -1.02. The third kappa shape index (κ3) is 3.62. The predicted molar refractivity (Wildman–Crippen MR) is 83.3 cm³/mol. The van der Waals surface area contributed by atoms with Crippen LogP contribution in [0, 0.1) is 11.3 Å². The van der Waals surface area contributed by atoms with E-state index in [1.165, 1.54) is 4.90 Å². The average Bonchev–Trinajstić information content (AvgIpc) is 2.94. The molecule has 1 aromatic carbocycles. The van der Waals surface area contributed by atoms with E-state index >= 15 is 0 Å². The summed E-state index contributed by atoms with van der Waals surface area (Å²) in [4.78, 5) is 24.5. The molecule has 1 saturated heterocycles. The number of nitriles is 1. The van der Waals surface area contributed by atoms with Gasteiger partial charge in [0, 0.05) is 13.0 Å². The Balaban J connectivity index is 2.21. The highest BCUT2D eigenvalue weighted by molar-refractivity contribution is 5.93. The number of carbonyl (C=O) groups is 2. The van der Waals surface area contributed by atoms with E-state index in [1.807, 2.05) is 26.8 Å². The van der Waals surface area contributed by atoms with Gasteiger partial charge >= 0.3 is 12.1 Å². The second kappa shape index (κ2) is 6.29. The molecule has 1 fully saturated rings. The van der Waals surface area contributed by atoms with E-state index in [0.29, 0.717) is 18.5 Å². The molecule has 0 aromatic heterocycles. The quantitative estimate of drug-likeness (QED) is 0.847. The highest BCUT2D eigenvalue weighted by Crippen LogP contribution is 2.28. The minimum Gasteiger partial charge on any atom is -0.465 e. The van der Waals surface area contributed by atoms with Crippen LogP contribution in [0.5, 0.6) is 0 Å². The molecule has 1 heterocycles. The van der Waals surface area contributed by atoms with Crippen molar-refractivity contribution in [1.82, 2.24) is 4.90 Å². The van der Waals surface area contributed by atoms with Gasteiger partial charge in [-0.2, -0.15) is 5.26 Å². The zero-order chi connectivity index (χ0) is 17.2. The first-order chi connectivity index (χ1) is 10.7. The Hall–Kier alpha value is -2.55. The van der Waals surface area contributed by atoms with Gasteiger partial charge in [-0.25, -0.2) is 9.59 Å². The van der Waals surface area contributed by atoms with Crippen molar-refractivity contribution in [1.29, 1.82) is 5.26 Å². The van der Waals surface area contributed by atoms with Gasteiger partial charge in [-0.1, -0.05) is 32.9 Å². The molecule has 1 aliphatic heterocycles. The Kier molecular flexibility index (Phi) is 4.60. The number of carboxylic acid groups (broad SMARTS) is 1. The van der Waals surface area contributed by atoms with Crippen molar-refractivity contribution in [3.05, 3.63) is 34.9 Å². The summed E-state index contributed by atoms with van der Waals surface area (Å²) < 4.78 is 5.39. The Morgan fingerprint density at radius 1 is 1.39 bits per heavy atom. The highest BCUT2D eigenvalue weighted by Gasteiger charge is 2.30. The van der Waals surface area contributed by atoms with Gasteiger partial charge in [0.25, 0.3) is 0 Å². The van der Waals surface area contributed by atoms with Crippen LogP contribution in [0.1, 0.15) is 48.7 Å². The van der Waals surface area contributed by atoms with Crippen LogP contribution >= 0.6 is 0 Å². The van der Waals surface area contributed by atoms with Crippen LogP contribution in [0.4, 0.5) is 4.79 Å². The van der Waals surface area contributed by atoms with E-state index in [2.05, 4.69) is 6.07 Å². The van der Waals surface area contributed by atoms with E-state index in [4.69, 9.17) is 9.84 Å². The molecule has 0 saturated carbocycles. The smallest absolute Gasteiger partial charge is 0.407 e. The van der Waals surface area contributed by atoms with Gasteiger partial charge in [-0.15, -0.1) is 0 Å². The monoisotopic (exact) mass is 316 g/mol. The number of benzene rings is 1. The molecule has 1 N–H and O–H groups in total. The molecule has 6 nitrogen and oxygen atoms in total. The van der Waals surface area contributed by atoms with E-state index in [9.17, 15) is 14.9 Å². The lowest BCUT2D eigenvalue weighted by Gasteiger charge is -2.22. The third-order valence-corrected chi connectivity index (χ3v) is 3.89. The molecule has 2 rings (SSSR count). The van der Waals surface area contributed by atoms with Crippen molar-refractivity contribution in [3.63, 3.8) is 0 Å². The molecule has 0 bridgehead atoms. The first-order valence-corrected chi connectivity index (χ1v) is 7.46. The van der Waals surface area contributed by atoms with Crippen molar-refractivity contribution < 1.29 is 19.4 Å². The summed E-state index contributed by atoms with van der Waals surface area (Å²) in [6.07, 6.45) is -1.02. The topological polar surface area (TPSA) is 90.6 Å². The largest absolute Gasteiger partial charge is 0.465 e. The van der Waals surface area contributed by atoms with Crippen LogP contribution in [-0.4, -0.2) is 41.3 Å². The summed E-state index contributed by atoms with van der Waals surface area (Å²) in [6.45, 7) is 6.43. The lowest BCUT2D eigenvalue weighted by molar-refractivity contribution is 0.0320. The summed E-state index contributed by atoms with van der Waals surface area (Å²) in [5, 5.41) is 18.4. The Bertz CT molecular complexity index is 670. The number of esters is 1. The minimum absolute atomic E-state index is 0.169. The number of hydrogen-bond acceptors (Lipinski definition) is 4. The fourth-order valence-electron chi connectivity index (χ4n) is 2.68. The highest BCUT2D eigenvalue weighted by atomic mass is 16.5. The summed E-state index contributed by atoms with van der Waals surface area (Å²) >= 11 is 0. The SMILES string of the molecule is CC(C)(C)c1cccc(C(=O)O[C@@H]2CCN(C(=O)O)C2)c1C#N. The lowest BCUT2D eigenvalue weighted by Crippen LogP contribution is -2.29. The molecule has 6 heteroatoms. The Morgan fingerprint density at radius 3 is 2.61 bits per heavy atom. The Morgan fingerprint density at radius 2 is 2.09 bits per heavy atom. The van der Waals surface area contributed by atoms with E-state index in [0.717, 1.165) is 5.56 Å². The Labute approximate surface area is 135 Å². The average molecular weight is 316 g/mol. The second-order valence-electron chi connectivity index (χ2n) is 6.63. The first-order valence-electron chi connectivity index (χ1n) is 7.46. The molecule has 0 aliphatic carbocycles. The second-order valence-corrected chi connectivity index (χ2v) is 6.63. The van der Waals surface area contributed by atoms with Crippen molar-refractivity contribution in [3.8, 4) is 6.07 Å². The maximum atomic E-state index is 12.4. The number of hydrogen-bond donors (Lipinski definition) is 1. The lowest BCUT2D eigenvalue weighted by atomic mass is 9.82. The molecule has 0 spiro atoms. The maximum Gasteiger partial charge on any atom is 0.407 e. The molecule has 0 unspecified atom stereocenters. The number of likely N-dealkylation sites (tertiary alicyclic amines) is 1. The van der Waals surface area contributed by atoms with Crippen LogP contribution < -0.4 is 0 Å². The zero-order valence-electron chi connectivity index (χ0n) is 13.5. The molecular weight excluding hydrogens is 296 g/mol. The van der Waals surface area contributed by atoms with Gasteiger partial charge in [0.2, 0.25) is 0 Å². The zero-order valence-corrected chi connectivity index (χ0v) is 13.5. The standard InChI is InChI=1S/C17H20N2O4/c1-17(2,3)14-6-4-5-12(13(14)9-18)15(20)23-11-7-8-19(10-11)16(21)22/h4-6,11H,7-8,10H2,1-3H3,(H,21,22)/t11-/m1/s1. The van der Waals surface area contributed by atoms with Crippen molar-refractivity contribution in [2.24, 2.45) is 0 Å². The molecule has 1 aromatic rings. The molecule has 1 atom stereocenters. The van der Waals surface area contributed by atoms with Gasteiger partial charge in [-0.3, -0.25) is 0 Å². The van der Waals surface area contributed by atoms with Gasteiger partial charge in [0.1, 0.15) is 12.2 Å².